The molecule has 0 aliphatic rings. The number of nitrogens with zero attached hydrogens (tertiary/aromatic N) is 2. The first-order valence-electron chi connectivity index (χ1n) is 7.24. The van der Waals surface area contributed by atoms with Crippen molar-refractivity contribution in [2.24, 2.45) is 10.7 Å². The Morgan fingerprint density at radius 3 is 2.52 bits per heavy atom. The summed E-state index contributed by atoms with van der Waals surface area (Å²) in [6.45, 7) is 7.71. The lowest BCUT2D eigenvalue weighted by Crippen LogP contribution is -2.16. The lowest BCUT2D eigenvalue weighted by atomic mass is 10.2. The standard InChI is InChI=1S/C19H21N3S/c1-15(22(3)19-12-8-7-11-18(19)21-2)13-16(20)14-23-17-9-5-4-6-10-17/h4-13H,1-2,14,20H2,3H3/b16-13-. The highest BCUT2D eigenvalue weighted by atomic mass is 32.2. The van der Waals surface area contributed by atoms with E-state index in [2.05, 4.69) is 30.4 Å². The van der Waals surface area contributed by atoms with Crippen molar-refractivity contribution in [3.05, 3.63) is 78.6 Å². The zero-order chi connectivity index (χ0) is 16.7. The average molecular weight is 323 g/mol. The normalized spacial score (nSPS) is 11.1. The summed E-state index contributed by atoms with van der Waals surface area (Å²) in [4.78, 5) is 7.20. The molecule has 0 aliphatic heterocycles. The molecule has 23 heavy (non-hydrogen) atoms. The quantitative estimate of drug-likeness (QED) is 0.460. The van der Waals surface area contributed by atoms with Gasteiger partial charge in [0, 0.05) is 29.1 Å². The second kappa shape index (κ2) is 8.25. The fraction of sp³-hybridized carbons (Fsp3) is 0.105. The molecule has 2 aromatic carbocycles. The van der Waals surface area contributed by atoms with Crippen molar-refractivity contribution in [2.75, 3.05) is 17.7 Å². The Hall–Kier alpha value is -2.46. The van der Waals surface area contributed by atoms with Gasteiger partial charge in [0.25, 0.3) is 0 Å². The van der Waals surface area contributed by atoms with Crippen LogP contribution in [0.3, 0.4) is 0 Å². The Morgan fingerprint density at radius 1 is 1.17 bits per heavy atom. The summed E-state index contributed by atoms with van der Waals surface area (Å²) in [5.41, 5.74) is 9.49. The first-order valence-corrected chi connectivity index (χ1v) is 8.22. The van der Waals surface area contributed by atoms with Gasteiger partial charge in [-0.15, -0.1) is 11.8 Å². The molecule has 0 aliphatic carbocycles. The number of hydrogen-bond donors (Lipinski definition) is 1. The van der Waals surface area contributed by atoms with Crippen molar-refractivity contribution in [3.8, 4) is 0 Å². The Labute approximate surface area is 142 Å². The number of rotatable bonds is 7. The topological polar surface area (TPSA) is 41.6 Å². The second-order valence-electron chi connectivity index (χ2n) is 5.02. The SMILES string of the molecule is C=Nc1ccccc1N(C)C(=C)/C=C(\N)CSc1ccccc1. The van der Waals surface area contributed by atoms with Crippen LogP contribution >= 0.6 is 11.8 Å². The molecular weight excluding hydrogens is 302 g/mol. The van der Waals surface area contributed by atoms with E-state index in [0.717, 1.165) is 28.5 Å². The van der Waals surface area contributed by atoms with E-state index < -0.39 is 0 Å². The molecular formula is C19H21N3S. The van der Waals surface area contributed by atoms with Crippen molar-refractivity contribution < 1.29 is 0 Å². The van der Waals surface area contributed by atoms with E-state index in [0.29, 0.717) is 0 Å². The molecule has 0 heterocycles. The van der Waals surface area contributed by atoms with Crippen LogP contribution in [-0.4, -0.2) is 19.5 Å². The summed E-state index contributed by atoms with van der Waals surface area (Å²) in [6, 6.07) is 18.0. The Morgan fingerprint density at radius 2 is 1.83 bits per heavy atom. The zero-order valence-electron chi connectivity index (χ0n) is 13.3. The number of anilines is 1. The highest BCUT2D eigenvalue weighted by Crippen LogP contribution is 2.29. The van der Waals surface area contributed by atoms with E-state index in [1.54, 1.807) is 11.8 Å². The van der Waals surface area contributed by atoms with Gasteiger partial charge >= 0.3 is 0 Å². The lowest BCUT2D eigenvalue weighted by Gasteiger charge is -2.21. The second-order valence-corrected chi connectivity index (χ2v) is 6.07. The third kappa shape index (κ3) is 4.76. The first-order chi connectivity index (χ1) is 11.1. The maximum Gasteiger partial charge on any atom is 0.0859 e. The number of hydrogen-bond acceptors (Lipinski definition) is 4. The van der Waals surface area contributed by atoms with Gasteiger partial charge in [-0.3, -0.25) is 4.99 Å². The molecule has 0 spiro atoms. The number of aliphatic imine (C=N–C) groups is 1. The molecule has 3 nitrogen and oxygen atoms in total. The molecule has 0 radical (unpaired) electrons. The molecule has 0 bridgehead atoms. The van der Waals surface area contributed by atoms with Gasteiger partial charge < -0.3 is 10.6 Å². The molecule has 2 N–H and O–H groups in total. The fourth-order valence-electron chi connectivity index (χ4n) is 2.07. The van der Waals surface area contributed by atoms with Gasteiger partial charge in [0.15, 0.2) is 0 Å². The van der Waals surface area contributed by atoms with Gasteiger partial charge in [0.1, 0.15) is 0 Å². The molecule has 2 aromatic rings. The molecule has 4 heteroatoms. The van der Waals surface area contributed by atoms with E-state index in [9.17, 15) is 0 Å². The van der Waals surface area contributed by atoms with E-state index in [1.165, 1.54) is 4.90 Å². The van der Waals surface area contributed by atoms with Gasteiger partial charge in [0.05, 0.1) is 11.4 Å². The van der Waals surface area contributed by atoms with Crippen molar-refractivity contribution in [1.29, 1.82) is 0 Å². The number of likely N-dealkylation sites (N-methyl/N-ethyl adjacent to an activating group) is 1. The molecule has 0 saturated carbocycles. The van der Waals surface area contributed by atoms with Gasteiger partial charge in [0.2, 0.25) is 0 Å². The number of thioether (sulfide) groups is 1. The lowest BCUT2D eigenvalue weighted by molar-refractivity contribution is 1.13. The van der Waals surface area contributed by atoms with Crippen molar-refractivity contribution >= 4 is 29.9 Å². The summed E-state index contributed by atoms with van der Waals surface area (Å²) in [7, 11) is 1.94. The smallest absolute Gasteiger partial charge is 0.0859 e. The highest BCUT2D eigenvalue weighted by molar-refractivity contribution is 7.99. The third-order valence-corrected chi connectivity index (χ3v) is 4.43. The van der Waals surface area contributed by atoms with Crippen LogP contribution in [0.25, 0.3) is 0 Å². The molecule has 0 amide bonds. The maximum absolute atomic E-state index is 6.13. The van der Waals surface area contributed by atoms with Crippen LogP contribution < -0.4 is 10.6 Å². The summed E-state index contributed by atoms with van der Waals surface area (Å²) in [5.74, 6) is 0.720. The Bertz CT molecular complexity index is 708. The van der Waals surface area contributed by atoms with E-state index in [4.69, 9.17) is 5.73 Å². The Balaban J connectivity index is 2.03. The van der Waals surface area contributed by atoms with Crippen molar-refractivity contribution in [3.63, 3.8) is 0 Å². The minimum absolute atomic E-state index is 0.720. The molecule has 118 valence electrons. The number of allylic oxidation sites excluding steroid dienone is 1. The predicted octanol–water partition coefficient (Wildman–Crippen LogP) is 4.60. The minimum atomic E-state index is 0.720. The van der Waals surface area contributed by atoms with Gasteiger partial charge in [-0.2, -0.15) is 0 Å². The zero-order valence-corrected chi connectivity index (χ0v) is 14.1. The van der Waals surface area contributed by atoms with Crippen LogP contribution in [0, 0.1) is 0 Å². The van der Waals surface area contributed by atoms with E-state index >= 15 is 0 Å². The van der Waals surface area contributed by atoms with Crippen molar-refractivity contribution in [2.45, 2.75) is 4.90 Å². The molecule has 0 saturated heterocycles. The van der Waals surface area contributed by atoms with Gasteiger partial charge in [-0.25, -0.2) is 0 Å². The predicted molar refractivity (Wildman–Crippen MR) is 103 cm³/mol. The fourth-order valence-corrected chi connectivity index (χ4v) is 2.84. The Kier molecular flexibility index (Phi) is 6.06. The van der Waals surface area contributed by atoms with Crippen molar-refractivity contribution in [1.82, 2.24) is 0 Å². The van der Waals surface area contributed by atoms with Crippen LogP contribution in [0.4, 0.5) is 11.4 Å². The summed E-state index contributed by atoms with van der Waals surface area (Å²) >= 11 is 1.70. The molecule has 2 rings (SSSR count). The van der Waals surface area contributed by atoms with Crippen LogP contribution in [0.2, 0.25) is 0 Å². The van der Waals surface area contributed by atoms with Gasteiger partial charge in [-0.1, -0.05) is 36.9 Å². The molecule has 0 fully saturated rings. The molecule has 0 unspecified atom stereocenters. The molecule has 0 atom stereocenters. The number of para-hydroxylation sites is 2. The van der Waals surface area contributed by atoms with E-state index in [-0.39, 0.29) is 0 Å². The van der Waals surface area contributed by atoms with Crippen LogP contribution in [0.5, 0.6) is 0 Å². The number of benzene rings is 2. The largest absolute Gasteiger partial charge is 0.401 e. The average Bonchev–Trinajstić information content (AvgIpc) is 2.60. The monoisotopic (exact) mass is 323 g/mol. The first kappa shape index (κ1) is 16.9. The highest BCUT2D eigenvalue weighted by Gasteiger charge is 2.08. The minimum Gasteiger partial charge on any atom is -0.401 e. The molecule has 0 aromatic heterocycles. The third-order valence-electron chi connectivity index (χ3n) is 3.34. The van der Waals surface area contributed by atoms with Crippen LogP contribution in [-0.2, 0) is 0 Å². The van der Waals surface area contributed by atoms with Crippen LogP contribution in [0.1, 0.15) is 0 Å². The number of nitrogens with two attached hydrogens (primary N) is 1. The summed E-state index contributed by atoms with van der Waals surface area (Å²) in [5, 5.41) is 0. The maximum atomic E-state index is 6.13. The van der Waals surface area contributed by atoms with E-state index in [1.807, 2.05) is 60.5 Å². The summed E-state index contributed by atoms with van der Waals surface area (Å²) < 4.78 is 0. The van der Waals surface area contributed by atoms with Crippen LogP contribution in [0.15, 0.2) is 88.5 Å². The summed E-state index contributed by atoms with van der Waals surface area (Å²) in [6.07, 6.45) is 1.90. The van der Waals surface area contributed by atoms with Gasteiger partial charge in [-0.05, 0) is 37.1 Å².